The number of rotatable bonds is 4. The molecule has 0 radical (unpaired) electrons. The van der Waals surface area contributed by atoms with Crippen LogP contribution >= 0.6 is 27.5 Å². The highest BCUT2D eigenvalue weighted by Crippen LogP contribution is 2.36. The van der Waals surface area contributed by atoms with Gasteiger partial charge in [-0.1, -0.05) is 51.8 Å². The molecule has 0 aromatic heterocycles. The number of ether oxygens (including phenoxy) is 1. The largest absolute Gasteiger partial charge is 0.495 e. The van der Waals surface area contributed by atoms with E-state index in [1.54, 1.807) is 6.07 Å². The van der Waals surface area contributed by atoms with Gasteiger partial charge < -0.3 is 14.0 Å². The van der Waals surface area contributed by atoms with Gasteiger partial charge in [0.15, 0.2) is 0 Å². The molecule has 132 valence electrons. The summed E-state index contributed by atoms with van der Waals surface area (Å²) in [4.78, 5) is 0. The van der Waals surface area contributed by atoms with Gasteiger partial charge in [-0.2, -0.15) is 0 Å². The van der Waals surface area contributed by atoms with Gasteiger partial charge in [0.25, 0.3) is 0 Å². The third-order valence-corrected chi connectivity index (χ3v) is 5.64. The number of halogens is 2. The summed E-state index contributed by atoms with van der Waals surface area (Å²) in [6.07, 6.45) is 0. The molecule has 0 amide bonds. The van der Waals surface area contributed by atoms with Gasteiger partial charge in [-0.25, -0.2) is 0 Å². The van der Waals surface area contributed by atoms with Crippen LogP contribution in [0.2, 0.25) is 5.02 Å². The lowest BCUT2D eigenvalue weighted by Gasteiger charge is -2.32. The first-order valence-electron chi connectivity index (χ1n) is 8.21. The Morgan fingerprint density at radius 3 is 2.36 bits per heavy atom. The minimum absolute atomic E-state index is 0.376. The molecule has 1 heterocycles. The average Bonchev–Trinajstić information content (AvgIpc) is 2.76. The molecule has 0 aliphatic carbocycles. The Balaban J connectivity index is 1.82. The van der Waals surface area contributed by atoms with Crippen molar-refractivity contribution in [1.29, 1.82) is 0 Å². The molecule has 1 aliphatic rings. The van der Waals surface area contributed by atoms with E-state index in [9.17, 15) is 0 Å². The van der Waals surface area contributed by atoms with Gasteiger partial charge in [0.2, 0.25) is 0 Å². The molecule has 1 saturated heterocycles. The predicted molar refractivity (Wildman–Crippen MR) is 106 cm³/mol. The number of hydrogen-bond donors (Lipinski definition) is 0. The molecule has 0 unspecified atom stereocenters. The van der Waals surface area contributed by atoms with E-state index in [1.807, 2.05) is 64.1 Å². The van der Waals surface area contributed by atoms with Crippen LogP contribution in [0.4, 0.5) is 0 Å². The summed E-state index contributed by atoms with van der Waals surface area (Å²) in [5.41, 5.74) is 1.24. The fourth-order valence-corrected chi connectivity index (χ4v) is 3.12. The molecule has 2 aromatic rings. The SMILES string of the molecule is CC1(C)OB(c2ccccc2COc2cc(Br)ccc2Cl)OC1(C)C. The van der Waals surface area contributed by atoms with Crippen LogP contribution in [0.3, 0.4) is 0 Å². The van der Waals surface area contributed by atoms with Crippen LogP contribution in [0.5, 0.6) is 5.75 Å². The molecule has 0 bridgehead atoms. The Morgan fingerprint density at radius 1 is 1.04 bits per heavy atom. The standard InChI is InChI=1S/C19H21BBrClO3/c1-18(2)19(3,4)25-20(24-18)15-8-6-5-7-13(15)12-23-17-11-14(21)9-10-16(17)22/h5-11H,12H2,1-4H3. The number of hydrogen-bond acceptors (Lipinski definition) is 3. The summed E-state index contributed by atoms with van der Waals surface area (Å²) in [6, 6.07) is 13.6. The highest BCUT2D eigenvalue weighted by Gasteiger charge is 2.52. The van der Waals surface area contributed by atoms with Gasteiger partial charge in [0, 0.05) is 4.47 Å². The first kappa shape index (κ1) is 18.8. The fourth-order valence-electron chi connectivity index (χ4n) is 2.61. The zero-order valence-electron chi connectivity index (χ0n) is 14.8. The van der Waals surface area contributed by atoms with E-state index in [2.05, 4.69) is 15.9 Å². The van der Waals surface area contributed by atoms with Crippen LogP contribution in [-0.2, 0) is 15.9 Å². The van der Waals surface area contributed by atoms with Crippen molar-refractivity contribution in [3.63, 3.8) is 0 Å². The topological polar surface area (TPSA) is 27.7 Å². The maximum Gasteiger partial charge on any atom is 0.495 e. The van der Waals surface area contributed by atoms with Crippen molar-refractivity contribution in [2.24, 2.45) is 0 Å². The van der Waals surface area contributed by atoms with Crippen molar-refractivity contribution < 1.29 is 14.0 Å². The van der Waals surface area contributed by atoms with Gasteiger partial charge in [-0.15, -0.1) is 0 Å². The molecule has 0 saturated carbocycles. The Kier molecular flexibility index (Phi) is 5.22. The molecular weight excluding hydrogens is 402 g/mol. The van der Waals surface area contributed by atoms with E-state index < -0.39 is 7.12 Å². The van der Waals surface area contributed by atoms with E-state index in [0.717, 1.165) is 15.5 Å². The molecule has 0 N–H and O–H groups in total. The predicted octanol–water partition coefficient (Wildman–Crippen LogP) is 4.98. The molecular formula is C19H21BBrClO3. The quantitative estimate of drug-likeness (QED) is 0.649. The second-order valence-corrected chi connectivity index (χ2v) is 8.47. The van der Waals surface area contributed by atoms with Gasteiger partial charge >= 0.3 is 7.12 Å². The Morgan fingerprint density at radius 2 is 1.68 bits per heavy atom. The Labute approximate surface area is 162 Å². The van der Waals surface area contributed by atoms with Crippen LogP contribution in [0, 0.1) is 0 Å². The smallest absolute Gasteiger partial charge is 0.487 e. The minimum Gasteiger partial charge on any atom is -0.487 e. The molecule has 0 spiro atoms. The van der Waals surface area contributed by atoms with Crippen molar-refractivity contribution >= 4 is 40.1 Å². The summed E-state index contributed by atoms with van der Waals surface area (Å²) >= 11 is 9.65. The van der Waals surface area contributed by atoms with E-state index in [4.69, 9.17) is 25.6 Å². The van der Waals surface area contributed by atoms with Crippen LogP contribution in [0.1, 0.15) is 33.3 Å². The second kappa shape index (κ2) is 6.95. The molecule has 3 nitrogen and oxygen atoms in total. The first-order valence-corrected chi connectivity index (χ1v) is 9.38. The van der Waals surface area contributed by atoms with Gasteiger partial charge in [0.05, 0.1) is 16.2 Å². The Hall–Kier alpha value is -1.01. The molecule has 1 aliphatic heterocycles. The fraction of sp³-hybridized carbons (Fsp3) is 0.368. The third kappa shape index (κ3) is 3.90. The normalized spacial score (nSPS) is 18.4. The van der Waals surface area contributed by atoms with E-state index in [1.165, 1.54) is 0 Å². The average molecular weight is 424 g/mol. The molecule has 2 aromatic carbocycles. The monoisotopic (exact) mass is 422 g/mol. The molecule has 6 heteroatoms. The van der Waals surface area contributed by atoms with E-state index in [0.29, 0.717) is 17.4 Å². The summed E-state index contributed by atoms with van der Waals surface area (Å²) in [5, 5.41) is 0.580. The zero-order chi connectivity index (χ0) is 18.2. The summed E-state index contributed by atoms with van der Waals surface area (Å²) in [6.45, 7) is 8.58. The summed E-state index contributed by atoms with van der Waals surface area (Å²) in [7, 11) is -0.414. The van der Waals surface area contributed by atoms with Crippen LogP contribution in [0.15, 0.2) is 46.9 Å². The van der Waals surface area contributed by atoms with Crippen molar-refractivity contribution in [2.45, 2.75) is 45.5 Å². The van der Waals surface area contributed by atoms with Crippen LogP contribution in [-0.4, -0.2) is 18.3 Å². The minimum atomic E-state index is -0.414. The second-order valence-electron chi connectivity index (χ2n) is 7.15. The maximum absolute atomic E-state index is 6.21. The van der Waals surface area contributed by atoms with Crippen molar-refractivity contribution in [3.05, 3.63) is 57.5 Å². The molecule has 25 heavy (non-hydrogen) atoms. The summed E-state index contributed by atoms with van der Waals surface area (Å²) in [5.74, 6) is 0.639. The van der Waals surface area contributed by atoms with Crippen molar-refractivity contribution in [1.82, 2.24) is 0 Å². The lowest BCUT2D eigenvalue weighted by atomic mass is 9.76. The Bertz CT molecular complexity index is 763. The van der Waals surface area contributed by atoms with Gasteiger partial charge in [-0.05, 0) is 56.9 Å². The summed E-state index contributed by atoms with van der Waals surface area (Å²) < 4.78 is 19.2. The van der Waals surface area contributed by atoms with Crippen molar-refractivity contribution in [3.8, 4) is 5.75 Å². The lowest BCUT2D eigenvalue weighted by molar-refractivity contribution is 0.00578. The molecule has 3 rings (SSSR count). The van der Waals surface area contributed by atoms with Gasteiger partial charge in [-0.3, -0.25) is 0 Å². The number of benzene rings is 2. The zero-order valence-corrected chi connectivity index (χ0v) is 17.1. The van der Waals surface area contributed by atoms with Crippen LogP contribution < -0.4 is 10.2 Å². The molecule has 0 atom stereocenters. The maximum atomic E-state index is 6.21. The van der Waals surface area contributed by atoms with Crippen molar-refractivity contribution in [2.75, 3.05) is 0 Å². The van der Waals surface area contributed by atoms with E-state index >= 15 is 0 Å². The van der Waals surface area contributed by atoms with Crippen LogP contribution in [0.25, 0.3) is 0 Å². The third-order valence-electron chi connectivity index (χ3n) is 4.84. The highest BCUT2D eigenvalue weighted by atomic mass is 79.9. The first-order chi connectivity index (χ1) is 11.7. The highest BCUT2D eigenvalue weighted by molar-refractivity contribution is 9.10. The van der Waals surface area contributed by atoms with E-state index in [-0.39, 0.29) is 11.2 Å². The molecule has 1 fully saturated rings. The van der Waals surface area contributed by atoms with Gasteiger partial charge in [0.1, 0.15) is 12.4 Å². The lowest BCUT2D eigenvalue weighted by Crippen LogP contribution is -2.41.